The molecule has 1 aromatic heterocycles. The van der Waals surface area contributed by atoms with E-state index in [4.69, 9.17) is 4.74 Å². The molecular formula is C13H10BrF3N2O2. The third-order valence-corrected chi connectivity index (χ3v) is 3.18. The van der Waals surface area contributed by atoms with E-state index in [-0.39, 0.29) is 12.3 Å². The zero-order chi connectivity index (χ0) is 15.6. The summed E-state index contributed by atoms with van der Waals surface area (Å²) in [5.74, 6) is -0.602. The van der Waals surface area contributed by atoms with Gasteiger partial charge < -0.3 is 4.74 Å². The van der Waals surface area contributed by atoms with Crippen LogP contribution in [0, 0.1) is 0 Å². The van der Waals surface area contributed by atoms with Gasteiger partial charge in [0, 0.05) is 6.20 Å². The Morgan fingerprint density at radius 2 is 1.95 bits per heavy atom. The van der Waals surface area contributed by atoms with Crippen molar-refractivity contribution >= 4 is 21.9 Å². The first-order chi connectivity index (χ1) is 9.82. The van der Waals surface area contributed by atoms with Gasteiger partial charge in [0.15, 0.2) is 5.69 Å². The van der Waals surface area contributed by atoms with Crippen LogP contribution in [0.4, 0.5) is 13.2 Å². The Balaban J connectivity index is 2.31. The lowest BCUT2D eigenvalue weighted by Gasteiger charge is -2.07. The number of carbonyl (C=O) groups is 1. The zero-order valence-corrected chi connectivity index (χ0v) is 12.4. The minimum absolute atomic E-state index is 0.0664. The largest absolute Gasteiger partial charge is 0.461 e. The third-order valence-electron chi connectivity index (χ3n) is 2.60. The number of nitrogens with zero attached hydrogens (tertiary/aromatic N) is 2. The molecule has 0 unspecified atom stereocenters. The van der Waals surface area contributed by atoms with Gasteiger partial charge in [0.1, 0.15) is 0 Å². The normalized spacial score (nSPS) is 11.5. The number of carbonyl (C=O) groups excluding carboxylic acids is 1. The van der Waals surface area contributed by atoms with E-state index >= 15 is 0 Å². The Kier molecular flexibility index (Phi) is 4.36. The molecule has 0 radical (unpaired) electrons. The second kappa shape index (κ2) is 5.88. The first-order valence-electron chi connectivity index (χ1n) is 5.93. The topological polar surface area (TPSA) is 44.1 Å². The lowest BCUT2D eigenvalue weighted by atomic mass is 10.2. The molecule has 4 nitrogen and oxygen atoms in total. The van der Waals surface area contributed by atoms with Gasteiger partial charge >= 0.3 is 12.1 Å². The van der Waals surface area contributed by atoms with Gasteiger partial charge in [-0.2, -0.15) is 18.3 Å². The van der Waals surface area contributed by atoms with Gasteiger partial charge in [-0.1, -0.05) is 0 Å². The summed E-state index contributed by atoms with van der Waals surface area (Å²) < 4.78 is 44.0. The highest BCUT2D eigenvalue weighted by molar-refractivity contribution is 9.10. The van der Waals surface area contributed by atoms with Crippen molar-refractivity contribution in [3.05, 3.63) is 46.2 Å². The van der Waals surface area contributed by atoms with Crippen LogP contribution in [0.15, 0.2) is 34.9 Å². The lowest BCUT2D eigenvalue weighted by Crippen LogP contribution is -2.07. The maximum absolute atomic E-state index is 12.5. The second-order valence-electron chi connectivity index (χ2n) is 4.04. The van der Waals surface area contributed by atoms with Crippen LogP contribution in [0.5, 0.6) is 0 Å². The summed E-state index contributed by atoms with van der Waals surface area (Å²) >= 11 is 3.17. The summed E-state index contributed by atoms with van der Waals surface area (Å²) in [5, 5.41) is 4.00. The van der Waals surface area contributed by atoms with Crippen molar-refractivity contribution in [1.29, 1.82) is 0 Å². The minimum Gasteiger partial charge on any atom is -0.461 e. The molecule has 1 heterocycles. The predicted molar refractivity (Wildman–Crippen MR) is 72.2 cm³/mol. The average Bonchev–Trinajstić information content (AvgIpc) is 2.80. The standard InChI is InChI=1S/C13H10BrF3N2O2/c1-2-21-12(20)11-10(14)7-19(18-11)9-5-3-8(4-6-9)13(15,16)17/h3-7H,2H2,1H3. The van der Waals surface area contributed by atoms with Crippen LogP contribution in [0.3, 0.4) is 0 Å². The van der Waals surface area contributed by atoms with Gasteiger partial charge in [-0.3, -0.25) is 0 Å². The van der Waals surface area contributed by atoms with Gasteiger partial charge in [0.2, 0.25) is 0 Å². The molecule has 0 amide bonds. The van der Waals surface area contributed by atoms with Crippen molar-refractivity contribution < 1.29 is 22.7 Å². The predicted octanol–water partition coefficient (Wildman–Crippen LogP) is 3.83. The number of hydrogen-bond donors (Lipinski definition) is 0. The molecule has 0 spiro atoms. The van der Waals surface area contributed by atoms with E-state index in [0.29, 0.717) is 10.2 Å². The molecule has 0 N–H and O–H groups in total. The highest BCUT2D eigenvalue weighted by Crippen LogP contribution is 2.29. The van der Waals surface area contributed by atoms with E-state index in [2.05, 4.69) is 21.0 Å². The number of benzene rings is 1. The Morgan fingerprint density at radius 1 is 1.33 bits per heavy atom. The van der Waals surface area contributed by atoms with Crippen molar-refractivity contribution in [3.63, 3.8) is 0 Å². The minimum atomic E-state index is -4.39. The zero-order valence-electron chi connectivity index (χ0n) is 10.8. The number of halogens is 4. The summed E-state index contributed by atoms with van der Waals surface area (Å²) in [6, 6.07) is 4.46. The van der Waals surface area contributed by atoms with Crippen molar-refractivity contribution in [2.75, 3.05) is 6.61 Å². The van der Waals surface area contributed by atoms with E-state index in [1.54, 1.807) is 6.92 Å². The summed E-state index contributed by atoms with van der Waals surface area (Å²) in [5.41, 5.74) is -0.279. The van der Waals surface area contributed by atoms with Crippen LogP contribution < -0.4 is 0 Å². The SMILES string of the molecule is CCOC(=O)c1nn(-c2ccc(C(F)(F)F)cc2)cc1Br. The van der Waals surface area contributed by atoms with E-state index in [0.717, 1.165) is 12.1 Å². The molecule has 8 heteroatoms. The van der Waals surface area contributed by atoms with Crippen LogP contribution in [0.2, 0.25) is 0 Å². The molecule has 0 fully saturated rings. The maximum Gasteiger partial charge on any atom is 0.416 e. The number of aromatic nitrogens is 2. The van der Waals surface area contributed by atoms with Crippen molar-refractivity contribution in [1.82, 2.24) is 9.78 Å². The second-order valence-corrected chi connectivity index (χ2v) is 4.89. The summed E-state index contributed by atoms with van der Waals surface area (Å²) in [4.78, 5) is 11.6. The van der Waals surface area contributed by atoms with Gasteiger partial charge in [-0.05, 0) is 47.1 Å². The quantitative estimate of drug-likeness (QED) is 0.779. The molecule has 0 bridgehead atoms. The van der Waals surface area contributed by atoms with Gasteiger partial charge in [0.25, 0.3) is 0 Å². The Hall–Kier alpha value is -1.83. The van der Waals surface area contributed by atoms with E-state index < -0.39 is 17.7 Å². The fourth-order valence-corrected chi connectivity index (χ4v) is 2.06. The van der Waals surface area contributed by atoms with Crippen molar-refractivity contribution in [3.8, 4) is 5.69 Å². The van der Waals surface area contributed by atoms with Gasteiger partial charge in [0.05, 0.1) is 22.3 Å². The van der Waals surface area contributed by atoms with Gasteiger partial charge in [-0.25, -0.2) is 9.48 Å². The van der Waals surface area contributed by atoms with Crippen molar-refractivity contribution in [2.45, 2.75) is 13.1 Å². The molecule has 0 saturated carbocycles. The Morgan fingerprint density at radius 3 is 2.48 bits per heavy atom. The molecule has 2 aromatic rings. The smallest absolute Gasteiger partial charge is 0.416 e. The molecule has 0 atom stereocenters. The maximum atomic E-state index is 12.5. The van der Waals surface area contributed by atoms with Crippen LogP contribution >= 0.6 is 15.9 Å². The van der Waals surface area contributed by atoms with E-state index in [1.165, 1.54) is 23.0 Å². The van der Waals surface area contributed by atoms with Crippen LogP contribution in [0.1, 0.15) is 23.0 Å². The van der Waals surface area contributed by atoms with Crippen LogP contribution in [-0.2, 0) is 10.9 Å². The van der Waals surface area contributed by atoms with Crippen LogP contribution in [-0.4, -0.2) is 22.4 Å². The highest BCUT2D eigenvalue weighted by atomic mass is 79.9. The Labute approximate surface area is 126 Å². The lowest BCUT2D eigenvalue weighted by molar-refractivity contribution is -0.137. The van der Waals surface area contributed by atoms with Crippen LogP contribution in [0.25, 0.3) is 5.69 Å². The molecule has 0 aliphatic rings. The molecule has 112 valence electrons. The number of ether oxygens (including phenoxy) is 1. The molecule has 0 saturated heterocycles. The number of alkyl halides is 3. The number of rotatable bonds is 3. The molecule has 21 heavy (non-hydrogen) atoms. The molecule has 2 rings (SSSR count). The highest BCUT2D eigenvalue weighted by Gasteiger charge is 2.30. The summed E-state index contributed by atoms with van der Waals surface area (Å²) in [6.45, 7) is 1.87. The van der Waals surface area contributed by atoms with E-state index in [1.807, 2.05) is 0 Å². The monoisotopic (exact) mass is 362 g/mol. The Bertz CT molecular complexity index is 650. The molecule has 0 aliphatic carbocycles. The van der Waals surface area contributed by atoms with Crippen molar-refractivity contribution in [2.24, 2.45) is 0 Å². The summed E-state index contributed by atoms with van der Waals surface area (Å²) in [6.07, 6.45) is -2.91. The average molecular weight is 363 g/mol. The third kappa shape index (κ3) is 3.44. The first kappa shape index (κ1) is 15.6. The first-order valence-corrected chi connectivity index (χ1v) is 6.72. The number of hydrogen-bond acceptors (Lipinski definition) is 3. The fraction of sp³-hybridized carbons (Fsp3) is 0.231. The summed E-state index contributed by atoms with van der Waals surface area (Å²) in [7, 11) is 0. The molecular weight excluding hydrogens is 353 g/mol. The number of esters is 1. The van der Waals surface area contributed by atoms with Gasteiger partial charge in [-0.15, -0.1) is 0 Å². The molecule has 1 aromatic carbocycles. The van der Waals surface area contributed by atoms with E-state index in [9.17, 15) is 18.0 Å². The molecule has 0 aliphatic heterocycles. The fourth-order valence-electron chi connectivity index (χ4n) is 1.63.